The van der Waals surface area contributed by atoms with Crippen LogP contribution in [0, 0.1) is 58.7 Å². The molecule has 4 rings (SSSR count). The number of esters is 1. The molecule has 0 aromatic rings. The van der Waals surface area contributed by atoms with Gasteiger partial charge in [-0.2, -0.15) is 0 Å². The van der Waals surface area contributed by atoms with Gasteiger partial charge in [-0.25, -0.2) is 0 Å². The van der Waals surface area contributed by atoms with Crippen molar-refractivity contribution in [1.82, 2.24) is 0 Å². The van der Waals surface area contributed by atoms with Crippen molar-refractivity contribution in [1.29, 1.82) is 0 Å². The predicted octanol–water partition coefficient (Wildman–Crippen LogP) is 4.80. The van der Waals surface area contributed by atoms with Gasteiger partial charge in [0.05, 0.1) is 13.0 Å². The van der Waals surface area contributed by atoms with Crippen LogP contribution in [0.3, 0.4) is 0 Å². The predicted molar refractivity (Wildman–Crippen MR) is 109 cm³/mol. The van der Waals surface area contributed by atoms with Crippen molar-refractivity contribution in [2.45, 2.75) is 65.7 Å². The molecule has 0 aliphatic heterocycles. The number of carbonyl (C=O) groups is 2. The standard InChI is InChI=1S/C25H34O3/c1-6-25(16(3)23(27)28-5)12-10-21-22-15(2)13-17-14-18(26)7-8-19(17)20(22)9-11-24(21,25)4/h1,14-16,19-22H,7-13H2,2-5H3/t15?,16?,19?,20?,21?,22?,24-,25-/m0/s1. The highest BCUT2D eigenvalue weighted by atomic mass is 16.5. The summed E-state index contributed by atoms with van der Waals surface area (Å²) < 4.78 is 5.11. The summed E-state index contributed by atoms with van der Waals surface area (Å²) in [4.78, 5) is 24.5. The Balaban J connectivity index is 1.70. The van der Waals surface area contributed by atoms with E-state index in [-0.39, 0.29) is 17.3 Å². The Morgan fingerprint density at radius 2 is 2.07 bits per heavy atom. The molecule has 0 bridgehead atoms. The molecular formula is C25H34O3. The minimum absolute atomic E-state index is 0.0174. The van der Waals surface area contributed by atoms with Crippen LogP contribution in [0.4, 0.5) is 0 Å². The van der Waals surface area contributed by atoms with Gasteiger partial charge in [0.2, 0.25) is 0 Å². The molecule has 4 aliphatic rings. The normalized spacial score (nSPS) is 45.8. The van der Waals surface area contributed by atoms with Crippen LogP contribution in [0.15, 0.2) is 11.6 Å². The average molecular weight is 383 g/mol. The maximum atomic E-state index is 12.5. The first kappa shape index (κ1) is 19.7. The van der Waals surface area contributed by atoms with Gasteiger partial charge in [0.25, 0.3) is 0 Å². The van der Waals surface area contributed by atoms with E-state index in [4.69, 9.17) is 11.2 Å². The van der Waals surface area contributed by atoms with E-state index in [1.165, 1.54) is 12.7 Å². The summed E-state index contributed by atoms with van der Waals surface area (Å²) in [5.74, 6) is 6.06. The molecule has 6 unspecified atom stereocenters. The fourth-order valence-corrected chi connectivity index (χ4v) is 8.12. The SMILES string of the molecule is C#C[C@@]1(C(C)C(=O)OC)CCC2C3C(C)CC4=CC(=O)CCC4C3CC[C@@]21C. The largest absolute Gasteiger partial charge is 0.469 e. The Morgan fingerprint density at radius 3 is 2.75 bits per heavy atom. The molecule has 3 fully saturated rings. The first-order valence-corrected chi connectivity index (χ1v) is 11.1. The Kier molecular flexibility index (Phi) is 4.76. The number of rotatable bonds is 2. The van der Waals surface area contributed by atoms with Crippen molar-refractivity contribution < 1.29 is 14.3 Å². The lowest BCUT2D eigenvalue weighted by atomic mass is 9.45. The number of allylic oxidation sites excluding steroid dienone is 1. The quantitative estimate of drug-likeness (QED) is 0.509. The van der Waals surface area contributed by atoms with Gasteiger partial charge in [-0.1, -0.05) is 32.3 Å². The van der Waals surface area contributed by atoms with Crippen molar-refractivity contribution in [2.24, 2.45) is 46.3 Å². The molecule has 3 heteroatoms. The van der Waals surface area contributed by atoms with Gasteiger partial charge in [0, 0.05) is 11.8 Å². The van der Waals surface area contributed by atoms with E-state index in [1.54, 1.807) is 0 Å². The molecular weight excluding hydrogens is 348 g/mol. The number of carbonyl (C=O) groups excluding carboxylic acids is 2. The highest BCUT2D eigenvalue weighted by Gasteiger charge is 2.65. The van der Waals surface area contributed by atoms with Crippen LogP contribution >= 0.6 is 0 Å². The number of methoxy groups -OCH3 is 1. The molecule has 28 heavy (non-hydrogen) atoms. The Labute approximate surface area is 169 Å². The van der Waals surface area contributed by atoms with Gasteiger partial charge in [-0.05, 0) is 79.6 Å². The average Bonchev–Trinajstić information content (AvgIpc) is 2.99. The summed E-state index contributed by atoms with van der Waals surface area (Å²) in [6.07, 6.45) is 15.2. The lowest BCUT2D eigenvalue weighted by Gasteiger charge is -2.58. The lowest BCUT2D eigenvalue weighted by Crippen LogP contribution is -2.54. The molecule has 0 radical (unpaired) electrons. The summed E-state index contributed by atoms with van der Waals surface area (Å²) >= 11 is 0. The number of fused-ring (bicyclic) bond motifs is 5. The topological polar surface area (TPSA) is 43.4 Å². The van der Waals surface area contributed by atoms with Crippen molar-refractivity contribution >= 4 is 11.8 Å². The monoisotopic (exact) mass is 382 g/mol. The lowest BCUT2D eigenvalue weighted by molar-refractivity contribution is -0.153. The second-order valence-corrected chi connectivity index (χ2v) is 10.2. The molecule has 4 aliphatic carbocycles. The van der Waals surface area contributed by atoms with E-state index in [9.17, 15) is 9.59 Å². The van der Waals surface area contributed by atoms with E-state index in [2.05, 4.69) is 19.8 Å². The molecule has 0 saturated heterocycles. The molecule has 3 saturated carbocycles. The van der Waals surface area contributed by atoms with Gasteiger partial charge in [-0.15, -0.1) is 6.42 Å². The van der Waals surface area contributed by atoms with Crippen LogP contribution in [-0.4, -0.2) is 18.9 Å². The first-order valence-electron chi connectivity index (χ1n) is 11.1. The van der Waals surface area contributed by atoms with E-state index in [1.807, 2.05) is 13.0 Å². The Hall–Kier alpha value is -1.56. The zero-order valence-corrected chi connectivity index (χ0v) is 17.8. The fraction of sp³-hybridized carbons (Fsp3) is 0.760. The molecule has 0 heterocycles. The van der Waals surface area contributed by atoms with Gasteiger partial charge >= 0.3 is 5.97 Å². The number of ether oxygens (including phenoxy) is 1. The van der Waals surface area contributed by atoms with Crippen LogP contribution in [0.2, 0.25) is 0 Å². The van der Waals surface area contributed by atoms with Crippen LogP contribution in [0.5, 0.6) is 0 Å². The molecule has 0 spiro atoms. The third-order valence-electron chi connectivity index (χ3n) is 9.45. The third-order valence-corrected chi connectivity index (χ3v) is 9.45. The molecule has 0 aromatic heterocycles. The van der Waals surface area contributed by atoms with E-state index in [0.29, 0.717) is 41.8 Å². The highest BCUT2D eigenvalue weighted by Crippen LogP contribution is 2.70. The van der Waals surface area contributed by atoms with Crippen molar-refractivity contribution in [3.05, 3.63) is 11.6 Å². The van der Waals surface area contributed by atoms with Gasteiger partial charge < -0.3 is 4.74 Å². The van der Waals surface area contributed by atoms with E-state index < -0.39 is 5.41 Å². The number of ketones is 1. The fourth-order valence-electron chi connectivity index (χ4n) is 8.12. The maximum Gasteiger partial charge on any atom is 0.309 e. The molecule has 3 nitrogen and oxygen atoms in total. The van der Waals surface area contributed by atoms with E-state index >= 15 is 0 Å². The maximum absolute atomic E-state index is 12.5. The van der Waals surface area contributed by atoms with Gasteiger partial charge in [0.1, 0.15) is 0 Å². The van der Waals surface area contributed by atoms with Crippen LogP contribution in [0.25, 0.3) is 0 Å². The van der Waals surface area contributed by atoms with E-state index in [0.717, 1.165) is 38.5 Å². The third kappa shape index (κ3) is 2.49. The number of hydrogen-bond acceptors (Lipinski definition) is 3. The summed E-state index contributed by atoms with van der Waals surface area (Å²) in [5, 5.41) is 0. The zero-order valence-electron chi connectivity index (χ0n) is 17.8. The van der Waals surface area contributed by atoms with Gasteiger partial charge in [-0.3, -0.25) is 9.59 Å². The Morgan fingerprint density at radius 1 is 1.32 bits per heavy atom. The highest BCUT2D eigenvalue weighted by molar-refractivity contribution is 5.91. The van der Waals surface area contributed by atoms with Crippen LogP contribution in [0.1, 0.15) is 65.7 Å². The van der Waals surface area contributed by atoms with Crippen molar-refractivity contribution in [2.75, 3.05) is 7.11 Å². The summed E-state index contributed by atoms with van der Waals surface area (Å²) in [6.45, 7) is 6.71. The second kappa shape index (κ2) is 6.75. The van der Waals surface area contributed by atoms with Crippen molar-refractivity contribution in [3.8, 4) is 12.3 Å². The summed E-state index contributed by atoms with van der Waals surface area (Å²) in [5.41, 5.74) is 0.989. The minimum Gasteiger partial charge on any atom is -0.469 e. The van der Waals surface area contributed by atoms with Gasteiger partial charge in [0.15, 0.2) is 5.78 Å². The summed E-state index contributed by atoms with van der Waals surface area (Å²) in [6, 6.07) is 0. The summed E-state index contributed by atoms with van der Waals surface area (Å²) in [7, 11) is 1.47. The van der Waals surface area contributed by atoms with Crippen molar-refractivity contribution in [3.63, 3.8) is 0 Å². The molecule has 152 valence electrons. The van der Waals surface area contributed by atoms with Crippen LogP contribution < -0.4 is 0 Å². The first-order chi connectivity index (χ1) is 13.3. The minimum atomic E-state index is -0.409. The molecule has 0 aromatic carbocycles. The number of terminal acetylenes is 1. The molecule has 0 amide bonds. The number of hydrogen-bond donors (Lipinski definition) is 0. The molecule has 8 atom stereocenters. The molecule has 0 N–H and O–H groups in total. The second-order valence-electron chi connectivity index (χ2n) is 10.2. The smallest absolute Gasteiger partial charge is 0.309 e. The van der Waals surface area contributed by atoms with Crippen LogP contribution in [-0.2, 0) is 14.3 Å². The Bertz CT molecular complexity index is 758. The zero-order chi connectivity index (χ0) is 20.3.